The Morgan fingerprint density at radius 3 is 2.33 bits per heavy atom. The van der Waals surface area contributed by atoms with E-state index in [1.807, 2.05) is 17.5 Å². The maximum absolute atomic E-state index is 12.7. The third kappa shape index (κ3) is 10.1. The number of carboxylic acid groups (broad SMARTS) is 1. The second-order valence-electron chi connectivity index (χ2n) is 7.45. The predicted molar refractivity (Wildman–Crippen MR) is 128 cm³/mol. The zero-order valence-electron chi connectivity index (χ0n) is 18.2. The van der Waals surface area contributed by atoms with Crippen LogP contribution in [-0.4, -0.2) is 54.0 Å². The quantitative estimate of drug-likeness (QED) is 0.238. The van der Waals surface area contributed by atoms with E-state index in [1.165, 1.54) is 16.2 Å². The Labute approximate surface area is 200 Å². The average Bonchev–Trinajstić information content (AvgIpc) is 3.50. The highest BCUT2D eigenvalue weighted by Crippen LogP contribution is 2.11. The van der Waals surface area contributed by atoms with Crippen LogP contribution < -0.4 is 21.7 Å². The molecule has 2 aromatic heterocycles. The summed E-state index contributed by atoms with van der Waals surface area (Å²) in [5.41, 5.74) is 5.68. The zero-order chi connectivity index (χ0) is 24.1. The van der Waals surface area contributed by atoms with E-state index in [0.717, 1.165) is 6.42 Å². The topological polar surface area (TPSA) is 151 Å². The molecule has 9 nitrogen and oxygen atoms in total. The lowest BCUT2D eigenvalue weighted by Gasteiger charge is -2.18. The van der Waals surface area contributed by atoms with Crippen molar-refractivity contribution in [1.82, 2.24) is 16.0 Å². The van der Waals surface area contributed by atoms with Crippen LogP contribution in [0.2, 0.25) is 0 Å². The van der Waals surface area contributed by atoms with Crippen molar-refractivity contribution >= 4 is 46.4 Å². The minimum Gasteiger partial charge on any atom is -0.481 e. The van der Waals surface area contributed by atoms with Gasteiger partial charge in [0.2, 0.25) is 11.8 Å². The van der Waals surface area contributed by atoms with Crippen molar-refractivity contribution in [3.63, 3.8) is 0 Å². The molecule has 2 rings (SSSR count). The monoisotopic (exact) mass is 494 g/mol. The summed E-state index contributed by atoms with van der Waals surface area (Å²) in [5.74, 6) is -1.93. The Morgan fingerprint density at radius 1 is 0.939 bits per heavy atom. The molecule has 0 unspecified atom stereocenters. The summed E-state index contributed by atoms with van der Waals surface area (Å²) in [5, 5.41) is 20.8. The molecule has 0 bridgehead atoms. The normalized spacial score (nSPS) is 12.5. The summed E-state index contributed by atoms with van der Waals surface area (Å²) in [7, 11) is 0. The van der Waals surface area contributed by atoms with Gasteiger partial charge < -0.3 is 26.8 Å². The van der Waals surface area contributed by atoms with E-state index in [4.69, 9.17) is 10.8 Å². The molecule has 11 heteroatoms. The van der Waals surface area contributed by atoms with Gasteiger partial charge in [-0.2, -0.15) is 0 Å². The molecule has 33 heavy (non-hydrogen) atoms. The van der Waals surface area contributed by atoms with Crippen LogP contribution in [0.25, 0.3) is 0 Å². The van der Waals surface area contributed by atoms with Crippen LogP contribution in [0.1, 0.15) is 46.7 Å². The zero-order valence-corrected chi connectivity index (χ0v) is 19.9. The van der Waals surface area contributed by atoms with Gasteiger partial charge in [0.25, 0.3) is 5.91 Å². The molecule has 0 aliphatic heterocycles. The molecule has 180 valence electrons. The maximum atomic E-state index is 12.7. The molecule has 2 atom stereocenters. The van der Waals surface area contributed by atoms with E-state index in [0.29, 0.717) is 37.2 Å². The SMILES string of the molecule is N[C@H](CCC(=O)O)C(=O)NCCCC[C@@H](NC(=O)c1cccs1)C(=O)NCCc1cccs1. The number of carbonyl (C=O) groups is 4. The summed E-state index contributed by atoms with van der Waals surface area (Å²) in [6.07, 6.45) is 2.24. The van der Waals surface area contributed by atoms with Crippen molar-refractivity contribution in [2.75, 3.05) is 13.1 Å². The third-order valence-electron chi connectivity index (χ3n) is 4.84. The number of rotatable bonds is 15. The molecule has 0 saturated carbocycles. The number of nitrogens with one attached hydrogen (secondary N) is 3. The van der Waals surface area contributed by atoms with Crippen molar-refractivity contribution in [3.05, 3.63) is 44.8 Å². The molecule has 6 N–H and O–H groups in total. The van der Waals surface area contributed by atoms with Gasteiger partial charge in [0, 0.05) is 24.4 Å². The van der Waals surface area contributed by atoms with E-state index in [1.54, 1.807) is 28.8 Å². The number of amides is 3. The summed E-state index contributed by atoms with van der Waals surface area (Å²) in [4.78, 5) is 49.4. The molecule has 3 amide bonds. The number of aliphatic carboxylic acids is 1. The Kier molecular flexibility index (Phi) is 11.6. The van der Waals surface area contributed by atoms with Crippen LogP contribution in [0, 0.1) is 0 Å². The first-order valence-electron chi connectivity index (χ1n) is 10.8. The fourth-order valence-electron chi connectivity index (χ4n) is 3.02. The standard InChI is InChI=1S/C22H30N4O5S2/c23-16(8-9-19(27)28)20(29)24-11-2-1-6-17(26-22(31)18-7-4-14-33-18)21(30)25-12-10-15-5-3-13-32-15/h3-5,7,13-14,16-17H,1-2,6,8-12,23H2,(H,24,29)(H,25,30)(H,26,31)(H,27,28)/t16-,17-/m1/s1. The smallest absolute Gasteiger partial charge is 0.303 e. The largest absolute Gasteiger partial charge is 0.481 e. The van der Waals surface area contributed by atoms with Gasteiger partial charge in [0.15, 0.2) is 0 Å². The van der Waals surface area contributed by atoms with Gasteiger partial charge in [-0.05, 0) is 55.0 Å². The molecule has 0 spiro atoms. The van der Waals surface area contributed by atoms with Gasteiger partial charge in [0.1, 0.15) is 6.04 Å². The molecule has 0 aliphatic rings. The Hall–Kier alpha value is -2.76. The summed E-state index contributed by atoms with van der Waals surface area (Å²) in [6, 6.07) is 5.90. The molecule has 2 aromatic rings. The lowest BCUT2D eigenvalue weighted by atomic mass is 10.1. The van der Waals surface area contributed by atoms with Crippen molar-refractivity contribution in [2.45, 2.75) is 50.6 Å². The highest BCUT2D eigenvalue weighted by atomic mass is 32.1. The van der Waals surface area contributed by atoms with Gasteiger partial charge in [0.05, 0.1) is 10.9 Å². The molecular formula is C22H30N4O5S2. The summed E-state index contributed by atoms with van der Waals surface area (Å²) >= 11 is 2.93. The fraction of sp³-hybridized carbons (Fsp3) is 0.455. The fourth-order valence-corrected chi connectivity index (χ4v) is 4.35. The van der Waals surface area contributed by atoms with Gasteiger partial charge in [-0.25, -0.2) is 0 Å². The number of nitrogens with two attached hydrogens (primary N) is 1. The first-order chi connectivity index (χ1) is 15.9. The number of hydrogen-bond acceptors (Lipinski definition) is 7. The summed E-state index contributed by atoms with van der Waals surface area (Å²) in [6.45, 7) is 0.834. The second-order valence-corrected chi connectivity index (χ2v) is 9.43. The number of carboxylic acids is 1. The van der Waals surface area contributed by atoms with Crippen LogP contribution >= 0.6 is 22.7 Å². The Balaban J connectivity index is 1.77. The van der Waals surface area contributed by atoms with Crippen LogP contribution in [0.15, 0.2) is 35.0 Å². The van der Waals surface area contributed by atoms with Gasteiger partial charge >= 0.3 is 5.97 Å². The minimum atomic E-state index is -0.998. The lowest BCUT2D eigenvalue weighted by molar-refractivity contribution is -0.137. The maximum Gasteiger partial charge on any atom is 0.303 e. The molecule has 0 aliphatic carbocycles. The number of thiophene rings is 2. The number of unbranched alkanes of at least 4 members (excludes halogenated alkanes) is 1. The number of hydrogen-bond donors (Lipinski definition) is 5. The van der Waals surface area contributed by atoms with Crippen LogP contribution in [-0.2, 0) is 20.8 Å². The van der Waals surface area contributed by atoms with Crippen molar-refractivity contribution in [1.29, 1.82) is 0 Å². The first kappa shape index (κ1) is 26.5. The summed E-state index contributed by atoms with van der Waals surface area (Å²) < 4.78 is 0. The predicted octanol–water partition coefficient (Wildman–Crippen LogP) is 1.75. The molecule has 0 saturated heterocycles. The highest BCUT2D eigenvalue weighted by molar-refractivity contribution is 7.12. The van der Waals surface area contributed by atoms with Crippen LogP contribution in [0.4, 0.5) is 0 Å². The lowest BCUT2D eigenvalue weighted by Crippen LogP contribution is -2.47. The van der Waals surface area contributed by atoms with Crippen molar-refractivity contribution in [2.24, 2.45) is 5.73 Å². The van der Waals surface area contributed by atoms with Crippen molar-refractivity contribution in [3.8, 4) is 0 Å². The van der Waals surface area contributed by atoms with Gasteiger partial charge in [-0.1, -0.05) is 12.1 Å². The van der Waals surface area contributed by atoms with E-state index in [2.05, 4.69) is 16.0 Å². The minimum absolute atomic E-state index is 0.0731. The Morgan fingerprint density at radius 2 is 1.67 bits per heavy atom. The molecule has 2 heterocycles. The van der Waals surface area contributed by atoms with Crippen LogP contribution in [0.5, 0.6) is 0 Å². The molecular weight excluding hydrogens is 464 g/mol. The van der Waals surface area contributed by atoms with Crippen molar-refractivity contribution < 1.29 is 24.3 Å². The highest BCUT2D eigenvalue weighted by Gasteiger charge is 2.21. The van der Waals surface area contributed by atoms with Crippen LogP contribution in [0.3, 0.4) is 0 Å². The van der Waals surface area contributed by atoms with E-state index >= 15 is 0 Å². The molecule has 0 radical (unpaired) electrons. The number of carbonyl (C=O) groups excluding carboxylic acids is 3. The van der Waals surface area contributed by atoms with E-state index < -0.39 is 24.0 Å². The average molecular weight is 495 g/mol. The first-order valence-corrected chi connectivity index (χ1v) is 12.5. The third-order valence-corrected chi connectivity index (χ3v) is 6.65. The molecule has 0 fully saturated rings. The Bertz CT molecular complexity index is 887. The van der Waals surface area contributed by atoms with Gasteiger partial charge in [-0.15, -0.1) is 22.7 Å². The van der Waals surface area contributed by atoms with Gasteiger partial charge in [-0.3, -0.25) is 19.2 Å². The van der Waals surface area contributed by atoms with E-state index in [9.17, 15) is 19.2 Å². The van der Waals surface area contributed by atoms with E-state index in [-0.39, 0.29) is 24.7 Å². The molecule has 0 aromatic carbocycles. The second kappa shape index (κ2) is 14.4.